The third-order valence-electron chi connectivity index (χ3n) is 2.00. The summed E-state index contributed by atoms with van der Waals surface area (Å²) in [6.07, 6.45) is -0.449. The van der Waals surface area contributed by atoms with Crippen LogP contribution in [0.1, 0.15) is 16.8 Å². The molecule has 1 unspecified atom stereocenters. The number of halogens is 2. The van der Waals surface area contributed by atoms with Gasteiger partial charge in [-0.3, -0.25) is 9.59 Å². The number of carbonyl (C=O) groups excluding carboxylic acids is 2. The van der Waals surface area contributed by atoms with Crippen molar-refractivity contribution >= 4 is 11.7 Å². The fourth-order valence-electron chi connectivity index (χ4n) is 1.12. The molecule has 0 radical (unpaired) electrons. The molecular weight excluding hydrogens is 218 g/mol. The Hall–Kier alpha value is -1.82. The highest BCUT2D eigenvalue weighted by Gasteiger charge is 2.19. The van der Waals surface area contributed by atoms with Crippen molar-refractivity contribution in [2.24, 2.45) is 11.5 Å². The van der Waals surface area contributed by atoms with E-state index in [1.165, 1.54) is 0 Å². The van der Waals surface area contributed by atoms with Crippen LogP contribution in [-0.4, -0.2) is 17.7 Å². The molecule has 0 saturated heterocycles. The highest BCUT2D eigenvalue weighted by atomic mass is 19.1. The van der Waals surface area contributed by atoms with Crippen LogP contribution in [-0.2, 0) is 4.79 Å². The standard InChI is InChI=1S/C10H10F2N2O2/c11-5-1-2-7(12)6(3-5)9(15)4-8(13)10(14)16/h1-3,8H,4,13H2,(H2,14,16). The third-order valence-corrected chi connectivity index (χ3v) is 2.00. The predicted molar refractivity (Wildman–Crippen MR) is 52.5 cm³/mol. The van der Waals surface area contributed by atoms with E-state index < -0.39 is 41.4 Å². The number of rotatable bonds is 4. The lowest BCUT2D eigenvalue weighted by Gasteiger charge is -2.07. The maximum atomic E-state index is 13.1. The van der Waals surface area contributed by atoms with Crippen molar-refractivity contribution in [2.75, 3.05) is 0 Å². The second-order valence-corrected chi connectivity index (χ2v) is 3.26. The molecule has 1 atom stereocenters. The second kappa shape index (κ2) is 4.80. The lowest BCUT2D eigenvalue weighted by Crippen LogP contribution is -2.38. The fourth-order valence-corrected chi connectivity index (χ4v) is 1.12. The summed E-state index contributed by atoms with van der Waals surface area (Å²) in [5, 5.41) is 0. The van der Waals surface area contributed by atoms with Gasteiger partial charge in [-0.2, -0.15) is 0 Å². The van der Waals surface area contributed by atoms with Gasteiger partial charge in [0.05, 0.1) is 11.6 Å². The van der Waals surface area contributed by atoms with E-state index in [4.69, 9.17) is 11.5 Å². The Kier molecular flexibility index (Phi) is 3.68. The molecule has 6 heteroatoms. The number of hydrogen-bond donors (Lipinski definition) is 2. The Bertz CT molecular complexity index is 435. The van der Waals surface area contributed by atoms with Crippen LogP contribution in [0, 0.1) is 11.6 Å². The van der Waals surface area contributed by atoms with Crippen molar-refractivity contribution in [1.82, 2.24) is 0 Å². The normalized spacial score (nSPS) is 12.2. The van der Waals surface area contributed by atoms with E-state index in [2.05, 4.69) is 0 Å². The summed E-state index contributed by atoms with van der Waals surface area (Å²) >= 11 is 0. The molecule has 1 aromatic carbocycles. The third kappa shape index (κ3) is 2.83. The first kappa shape index (κ1) is 12.3. The largest absolute Gasteiger partial charge is 0.368 e. The molecule has 0 aliphatic carbocycles. The molecule has 0 spiro atoms. The predicted octanol–water partition coefficient (Wildman–Crippen LogP) is 0.350. The molecule has 4 N–H and O–H groups in total. The molecule has 0 aliphatic heterocycles. The molecule has 0 aromatic heterocycles. The molecule has 0 fully saturated rings. The van der Waals surface area contributed by atoms with Gasteiger partial charge in [0, 0.05) is 6.42 Å². The first-order valence-electron chi connectivity index (χ1n) is 4.45. The maximum absolute atomic E-state index is 13.1. The minimum absolute atomic E-state index is 0.434. The van der Waals surface area contributed by atoms with Crippen LogP contribution in [0.15, 0.2) is 18.2 Å². The summed E-state index contributed by atoms with van der Waals surface area (Å²) in [6.45, 7) is 0. The number of hydrogen-bond acceptors (Lipinski definition) is 3. The van der Waals surface area contributed by atoms with Crippen LogP contribution in [0.3, 0.4) is 0 Å². The van der Waals surface area contributed by atoms with E-state index in [9.17, 15) is 18.4 Å². The topological polar surface area (TPSA) is 86.2 Å². The zero-order chi connectivity index (χ0) is 12.3. The van der Waals surface area contributed by atoms with Gasteiger partial charge in [-0.1, -0.05) is 0 Å². The van der Waals surface area contributed by atoms with Gasteiger partial charge in [0.1, 0.15) is 11.6 Å². The molecule has 0 saturated carbocycles. The highest BCUT2D eigenvalue weighted by Crippen LogP contribution is 2.12. The monoisotopic (exact) mass is 228 g/mol. The number of ketones is 1. The fraction of sp³-hybridized carbons (Fsp3) is 0.200. The van der Waals surface area contributed by atoms with Gasteiger partial charge in [0.15, 0.2) is 5.78 Å². The van der Waals surface area contributed by atoms with E-state index in [1.54, 1.807) is 0 Å². The van der Waals surface area contributed by atoms with Crippen molar-refractivity contribution in [3.8, 4) is 0 Å². The zero-order valence-electron chi connectivity index (χ0n) is 8.24. The molecule has 1 amide bonds. The molecule has 1 aromatic rings. The smallest absolute Gasteiger partial charge is 0.234 e. The molecule has 0 aliphatic rings. The van der Waals surface area contributed by atoms with Gasteiger partial charge in [-0.15, -0.1) is 0 Å². The van der Waals surface area contributed by atoms with Crippen molar-refractivity contribution in [2.45, 2.75) is 12.5 Å². The van der Waals surface area contributed by atoms with E-state index in [0.717, 1.165) is 18.2 Å². The van der Waals surface area contributed by atoms with Crippen LogP contribution in [0.25, 0.3) is 0 Å². The van der Waals surface area contributed by atoms with Crippen LogP contribution in [0.4, 0.5) is 8.78 Å². The van der Waals surface area contributed by atoms with E-state index >= 15 is 0 Å². The molecule has 0 heterocycles. The van der Waals surface area contributed by atoms with Crippen LogP contribution < -0.4 is 11.5 Å². The van der Waals surface area contributed by atoms with Crippen molar-refractivity contribution in [3.63, 3.8) is 0 Å². The first-order chi connectivity index (χ1) is 7.41. The molecule has 4 nitrogen and oxygen atoms in total. The van der Waals surface area contributed by atoms with E-state index in [1.807, 2.05) is 0 Å². The summed E-state index contributed by atoms with van der Waals surface area (Å²) in [6, 6.07) is 1.28. The summed E-state index contributed by atoms with van der Waals surface area (Å²) in [5.41, 5.74) is 9.64. The Morgan fingerprint density at radius 1 is 1.31 bits per heavy atom. The van der Waals surface area contributed by atoms with Crippen molar-refractivity contribution in [3.05, 3.63) is 35.4 Å². The molecule has 86 valence electrons. The quantitative estimate of drug-likeness (QED) is 0.729. The minimum atomic E-state index is -1.20. The SMILES string of the molecule is NC(=O)C(N)CC(=O)c1cc(F)ccc1F. The van der Waals surface area contributed by atoms with E-state index in [0.29, 0.717) is 0 Å². The van der Waals surface area contributed by atoms with Crippen molar-refractivity contribution < 1.29 is 18.4 Å². The molecular formula is C10H10F2N2O2. The van der Waals surface area contributed by atoms with Crippen molar-refractivity contribution in [1.29, 1.82) is 0 Å². The van der Waals surface area contributed by atoms with Gasteiger partial charge in [-0.05, 0) is 18.2 Å². The number of carbonyl (C=O) groups is 2. The summed E-state index contributed by atoms with van der Waals surface area (Å²) in [5.74, 6) is -3.23. The number of primary amides is 1. The van der Waals surface area contributed by atoms with Crippen LogP contribution in [0.5, 0.6) is 0 Å². The van der Waals surface area contributed by atoms with Gasteiger partial charge in [0.25, 0.3) is 0 Å². The number of Topliss-reactive ketones (excluding diaryl/α,β-unsaturated/α-hetero) is 1. The minimum Gasteiger partial charge on any atom is -0.368 e. The molecule has 1 rings (SSSR count). The second-order valence-electron chi connectivity index (χ2n) is 3.26. The number of amides is 1. The summed E-state index contributed by atoms with van der Waals surface area (Å²) in [7, 11) is 0. The van der Waals surface area contributed by atoms with Gasteiger partial charge in [0.2, 0.25) is 5.91 Å². The van der Waals surface area contributed by atoms with Crippen LogP contribution in [0.2, 0.25) is 0 Å². The maximum Gasteiger partial charge on any atom is 0.234 e. The highest BCUT2D eigenvalue weighted by molar-refractivity contribution is 5.99. The van der Waals surface area contributed by atoms with E-state index in [-0.39, 0.29) is 0 Å². The number of benzene rings is 1. The average Bonchev–Trinajstić information content (AvgIpc) is 2.21. The van der Waals surface area contributed by atoms with Gasteiger partial charge >= 0.3 is 0 Å². The van der Waals surface area contributed by atoms with Gasteiger partial charge in [-0.25, -0.2) is 8.78 Å². The Labute approximate surface area is 90.2 Å². The Morgan fingerprint density at radius 3 is 2.50 bits per heavy atom. The average molecular weight is 228 g/mol. The first-order valence-corrected chi connectivity index (χ1v) is 4.45. The Balaban J connectivity index is 2.88. The summed E-state index contributed by atoms with van der Waals surface area (Å²) in [4.78, 5) is 22.0. The number of nitrogens with two attached hydrogens (primary N) is 2. The van der Waals surface area contributed by atoms with Crippen LogP contribution >= 0.6 is 0 Å². The van der Waals surface area contributed by atoms with Gasteiger partial charge < -0.3 is 11.5 Å². The zero-order valence-corrected chi connectivity index (χ0v) is 8.24. The lowest BCUT2D eigenvalue weighted by atomic mass is 10.0. The summed E-state index contributed by atoms with van der Waals surface area (Å²) < 4.78 is 25.9. The molecule has 16 heavy (non-hydrogen) atoms. The lowest BCUT2D eigenvalue weighted by molar-refractivity contribution is -0.119. The Morgan fingerprint density at radius 2 is 1.94 bits per heavy atom. The molecule has 0 bridgehead atoms.